The number of ether oxygens (including phenoxy) is 1. The number of pyridine rings is 1. The number of methoxy groups -OCH3 is 1. The maximum atomic E-state index is 12.7. The molecule has 3 heterocycles. The highest BCUT2D eigenvalue weighted by Crippen LogP contribution is 2.24. The van der Waals surface area contributed by atoms with Crippen LogP contribution in [0.4, 0.5) is 0 Å². The highest BCUT2D eigenvalue weighted by atomic mass is 32.1. The number of nitrogens with zero attached hydrogens (tertiary/aromatic N) is 2. The Morgan fingerprint density at radius 3 is 2.93 bits per heavy atom. The summed E-state index contributed by atoms with van der Waals surface area (Å²) in [5.74, 6) is 0.609. The van der Waals surface area contributed by atoms with E-state index in [4.69, 9.17) is 4.74 Å². The zero-order valence-electron chi connectivity index (χ0n) is 15.9. The van der Waals surface area contributed by atoms with Crippen molar-refractivity contribution in [2.45, 2.75) is 33.2 Å². The third-order valence-electron chi connectivity index (χ3n) is 4.99. The molecule has 0 aliphatic carbocycles. The summed E-state index contributed by atoms with van der Waals surface area (Å²) in [7, 11) is 1.64. The van der Waals surface area contributed by atoms with Crippen LogP contribution in [0.5, 0.6) is 5.75 Å². The second-order valence-electron chi connectivity index (χ2n) is 6.83. The number of hydrogen-bond donors (Lipinski definition) is 1. The van der Waals surface area contributed by atoms with Gasteiger partial charge in [-0.25, -0.2) is 0 Å². The Labute approximate surface area is 163 Å². The fraction of sp³-hybridized carbons (Fsp3) is 0.450. The van der Waals surface area contributed by atoms with Crippen molar-refractivity contribution < 1.29 is 14.3 Å². The Hall–Kier alpha value is -2.41. The largest absolute Gasteiger partial charge is 0.496 e. The molecule has 1 unspecified atom stereocenters. The second-order valence-corrected chi connectivity index (χ2v) is 7.78. The first-order chi connectivity index (χ1) is 13.0. The van der Waals surface area contributed by atoms with Crippen LogP contribution in [0.1, 0.15) is 39.3 Å². The van der Waals surface area contributed by atoms with Gasteiger partial charge in [0.1, 0.15) is 5.75 Å². The number of thiophene rings is 1. The van der Waals surface area contributed by atoms with E-state index < -0.39 is 0 Å². The SMILES string of the molecule is COc1c(C)cnc(CNC(=O)C2CCCN(C(=O)c3cccs3)C2)c1C. The molecule has 144 valence electrons. The highest BCUT2D eigenvalue weighted by molar-refractivity contribution is 7.12. The van der Waals surface area contributed by atoms with Crippen LogP contribution in [0.2, 0.25) is 0 Å². The molecular weight excluding hydrogens is 362 g/mol. The normalized spacial score (nSPS) is 16.9. The summed E-state index contributed by atoms with van der Waals surface area (Å²) in [6.07, 6.45) is 3.39. The van der Waals surface area contributed by atoms with Gasteiger partial charge in [-0.05, 0) is 38.1 Å². The molecule has 0 radical (unpaired) electrons. The van der Waals surface area contributed by atoms with Crippen LogP contribution < -0.4 is 10.1 Å². The molecule has 1 atom stereocenters. The number of hydrogen-bond acceptors (Lipinski definition) is 5. The second kappa shape index (κ2) is 8.52. The molecule has 1 aliphatic rings. The van der Waals surface area contributed by atoms with Gasteiger partial charge >= 0.3 is 0 Å². The minimum absolute atomic E-state index is 0.0169. The van der Waals surface area contributed by atoms with Gasteiger partial charge in [0.25, 0.3) is 5.91 Å². The number of aromatic nitrogens is 1. The summed E-state index contributed by atoms with van der Waals surface area (Å²) >= 11 is 1.44. The van der Waals surface area contributed by atoms with E-state index in [0.717, 1.165) is 40.3 Å². The molecule has 0 spiro atoms. The summed E-state index contributed by atoms with van der Waals surface area (Å²) in [5.41, 5.74) is 2.71. The van der Waals surface area contributed by atoms with E-state index >= 15 is 0 Å². The lowest BCUT2D eigenvalue weighted by Gasteiger charge is -2.31. The number of piperidine rings is 1. The van der Waals surface area contributed by atoms with Gasteiger partial charge in [-0.3, -0.25) is 14.6 Å². The summed E-state index contributed by atoms with van der Waals surface area (Å²) in [6, 6.07) is 3.70. The van der Waals surface area contributed by atoms with Crippen molar-refractivity contribution >= 4 is 23.2 Å². The minimum Gasteiger partial charge on any atom is -0.496 e. The van der Waals surface area contributed by atoms with Crippen LogP contribution in [0, 0.1) is 19.8 Å². The number of likely N-dealkylation sites (tertiary alicyclic amines) is 1. The van der Waals surface area contributed by atoms with Crippen molar-refractivity contribution in [1.29, 1.82) is 0 Å². The lowest BCUT2D eigenvalue weighted by atomic mass is 9.97. The first-order valence-electron chi connectivity index (χ1n) is 9.10. The summed E-state index contributed by atoms with van der Waals surface area (Å²) in [6.45, 7) is 5.42. The van der Waals surface area contributed by atoms with Gasteiger partial charge in [0.05, 0.1) is 30.1 Å². The van der Waals surface area contributed by atoms with Crippen molar-refractivity contribution in [1.82, 2.24) is 15.2 Å². The quantitative estimate of drug-likeness (QED) is 0.856. The highest BCUT2D eigenvalue weighted by Gasteiger charge is 2.29. The third kappa shape index (κ3) is 4.30. The molecule has 1 aliphatic heterocycles. The lowest BCUT2D eigenvalue weighted by Crippen LogP contribution is -2.45. The number of nitrogens with one attached hydrogen (secondary N) is 1. The van der Waals surface area contributed by atoms with Crippen molar-refractivity contribution in [2.24, 2.45) is 5.92 Å². The molecule has 1 N–H and O–H groups in total. The fourth-order valence-electron chi connectivity index (χ4n) is 3.50. The average Bonchev–Trinajstić information content (AvgIpc) is 3.22. The van der Waals surface area contributed by atoms with E-state index in [1.54, 1.807) is 18.2 Å². The molecule has 1 saturated heterocycles. The van der Waals surface area contributed by atoms with E-state index in [-0.39, 0.29) is 17.7 Å². The van der Waals surface area contributed by atoms with Crippen LogP contribution in [0.15, 0.2) is 23.7 Å². The summed E-state index contributed by atoms with van der Waals surface area (Å²) in [5, 5.41) is 4.88. The fourth-order valence-corrected chi connectivity index (χ4v) is 4.19. The zero-order chi connectivity index (χ0) is 19.4. The van der Waals surface area contributed by atoms with Crippen LogP contribution in [0.25, 0.3) is 0 Å². The standard InChI is InChI=1S/C20H25N3O3S/c1-13-10-21-16(14(2)18(13)26-3)11-22-19(24)15-6-4-8-23(12-15)20(25)17-7-5-9-27-17/h5,7,9-10,15H,4,6,8,11-12H2,1-3H3,(H,22,24). The molecule has 7 heteroatoms. The van der Waals surface area contributed by atoms with Crippen LogP contribution >= 0.6 is 11.3 Å². The molecule has 1 fully saturated rings. The zero-order valence-corrected chi connectivity index (χ0v) is 16.8. The number of carbonyl (C=O) groups is 2. The number of amides is 2. The number of carbonyl (C=O) groups excluding carboxylic acids is 2. The van der Waals surface area contributed by atoms with Crippen LogP contribution in [0.3, 0.4) is 0 Å². The maximum Gasteiger partial charge on any atom is 0.263 e. The third-order valence-corrected chi connectivity index (χ3v) is 5.85. The molecule has 2 aromatic heterocycles. The monoisotopic (exact) mass is 387 g/mol. The molecule has 0 aromatic carbocycles. The molecule has 3 rings (SSSR count). The van der Waals surface area contributed by atoms with Crippen LogP contribution in [-0.2, 0) is 11.3 Å². The van der Waals surface area contributed by atoms with Gasteiger partial charge in [-0.15, -0.1) is 11.3 Å². The predicted octanol–water partition coefficient (Wildman–Crippen LogP) is 2.94. The van der Waals surface area contributed by atoms with E-state index in [9.17, 15) is 9.59 Å². The predicted molar refractivity (Wildman–Crippen MR) is 105 cm³/mol. The lowest BCUT2D eigenvalue weighted by molar-refractivity contribution is -0.126. The Bertz CT molecular complexity index is 820. The molecule has 0 saturated carbocycles. The summed E-state index contributed by atoms with van der Waals surface area (Å²) in [4.78, 5) is 32.1. The Kier molecular flexibility index (Phi) is 6.11. The first kappa shape index (κ1) is 19.4. The van der Waals surface area contributed by atoms with E-state index in [1.807, 2.05) is 31.4 Å². The number of aryl methyl sites for hydroxylation is 1. The van der Waals surface area contributed by atoms with Crippen molar-refractivity contribution in [3.05, 3.63) is 45.4 Å². The Morgan fingerprint density at radius 1 is 1.41 bits per heavy atom. The first-order valence-corrected chi connectivity index (χ1v) is 9.98. The van der Waals surface area contributed by atoms with Crippen LogP contribution in [-0.4, -0.2) is 41.9 Å². The van der Waals surface area contributed by atoms with Crippen molar-refractivity contribution in [2.75, 3.05) is 20.2 Å². The van der Waals surface area contributed by atoms with E-state index in [0.29, 0.717) is 19.6 Å². The van der Waals surface area contributed by atoms with Gasteiger partial charge in [-0.2, -0.15) is 0 Å². The molecule has 2 aromatic rings. The average molecular weight is 388 g/mol. The van der Waals surface area contributed by atoms with E-state index in [1.165, 1.54) is 11.3 Å². The molecule has 27 heavy (non-hydrogen) atoms. The molecule has 6 nitrogen and oxygen atoms in total. The molecular formula is C20H25N3O3S. The van der Waals surface area contributed by atoms with Gasteiger partial charge in [0, 0.05) is 30.4 Å². The van der Waals surface area contributed by atoms with Gasteiger partial charge < -0.3 is 15.0 Å². The Balaban J connectivity index is 1.60. The maximum absolute atomic E-state index is 12.7. The van der Waals surface area contributed by atoms with E-state index in [2.05, 4.69) is 10.3 Å². The van der Waals surface area contributed by atoms with Gasteiger partial charge in [0.2, 0.25) is 5.91 Å². The topological polar surface area (TPSA) is 71.5 Å². The Morgan fingerprint density at radius 2 is 2.22 bits per heavy atom. The van der Waals surface area contributed by atoms with Gasteiger partial charge in [-0.1, -0.05) is 6.07 Å². The minimum atomic E-state index is -0.185. The number of rotatable bonds is 5. The smallest absolute Gasteiger partial charge is 0.263 e. The molecule has 0 bridgehead atoms. The van der Waals surface area contributed by atoms with Crippen molar-refractivity contribution in [3.8, 4) is 5.75 Å². The summed E-state index contributed by atoms with van der Waals surface area (Å²) < 4.78 is 5.42. The van der Waals surface area contributed by atoms with Crippen molar-refractivity contribution in [3.63, 3.8) is 0 Å². The van der Waals surface area contributed by atoms with Gasteiger partial charge in [0.15, 0.2) is 0 Å². The molecule has 2 amide bonds.